The average molecular weight is 413 g/mol. The molecule has 0 saturated heterocycles. The van der Waals surface area contributed by atoms with E-state index in [1.165, 1.54) is 11.8 Å². The quantitative estimate of drug-likeness (QED) is 0.346. The lowest BCUT2D eigenvalue weighted by atomic mass is 10.1. The summed E-state index contributed by atoms with van der Waals surface area (Å²) in [5.74, 6) is 0.355. The van der Waals surface area contributed by atoms with Crippen molar-refractivity contribution in [3.63, 3.8) is 0 Å². The van der Waals surface area contributed by atoms with Crippen molar-refractivity contribution in [1.82, 2.24) is 19.7 Å². The second-order valence-electron chi connectivity index (χ2n) is 6.68. The van der Waals surface area contributed by atoms with Gasteiger partial charge in [-0.05, 0) is 26.3 Å². The fourth-order valence-electron chi connectivity index (χ4n) is 3.19. The molecule has 0 radical (unpaired) electrons. The molecule has 0 fully saturated rings. The SMILES string of the molecule is CCOC(=O)c1c(C)[nH]c(C)c1C(=O)CSc1nnc(Cc2ccccc2)n1C. The smallest absolute Gasteiger partial charge is 0.340 e. The molecular formula is C21H24N4O3S. The van der Waals surface area contributed by atoms with Crippen LogP contribution in [0.1, 0.15) is 50.4 Å². The number of ketones is 1. The Hall–Kier alpha value is -2.87. The van der Waals surface area contributed by atoms with Crippen molar-refractivity contribution in [2.75, 3.05) is 12.4 Å². The van der Waals surface area contributed by atoms with Gasteiger partial charge in [0.25, 0.3) is 0 Å². The van der Waals surface area contributed by atoms with Gasteiger partial charge in [-0.3, -0.25) is 4.79 Å². The summed E-state index contributed by atoms with van der Waals surface area (Å²) in [6.07, 6.45) is 0.669. The van der Waals surface area contributed by atoms with Gasteiger partial charge in [0.15, 0.2) is 10.9 Å². The zero-order valence-electron chi connectivity index (χ0n) is 17.0. The minimum atomic E-state index is -0.480. The maximum absolute atomic E-state index is 12.9. The number of thioether (sulfide) groups is 1. The molecule has 0 unspecified atom stereocenters. The predicted molar refractivity (Wildman–Crippen MR) is 112 cm³/mol. The largest absolute Gasteiger partial charge is 0.462 e. The van der Waals surface area contributed by atoms with E-state index >= 15 is 0 Å². The second kappa shape index (κ2) is 9.09. The molecule has 2 aromatic heterocycles. The van der Waals surface area contributed by atoms with Gasteiger partial charge in [-0.1, -0.05) is 42.1 Å². The number of aryl methyl sites for hydroxylation is 2. The molecule has 29 heavy (non-hydrogen) atoms. The highest BCUT2D eigenvalue weighted by molar-refractivity contribution is 7.99. The third kappa shape index (κ3) is 4.59. The third-order valence-electron chi connectivity index (χ3n) is 4.60. The Morgan fingerprint density at radius 1 is 1.10 bits per heavy atom. The third-order valence-corrected chi connectivity index (χ3v) is 5.62. The van der Waals surface area contributed by atoms with Gasteiger partial charge in [0.05, 0.1) is 23.5 Å². The van der Waals surface area contributed by atoms with E-state index in [1.54, 1.807) is 20.8 Å². The van der Waals surface area contributed by atoms with Crippen LogP contribution >= 0.6 is 11.8 Å². The first kappa shape index (κ1) is 20.9. The molecule has 3 aromatic rings. The molecule has 0 aliphatic carbocycles. The van der Waals surface area contributed by atoms with Crippen molar-refractivity contribution in [2.45, 2.75) is 32.3 Å². The van der Waals surface area contributed by atoms with Crippen molar-refractivity contribution in [3.8, 4) is 0 Å². The van der Waals surface area contributed by atoms with E-state index in [0.29, 0.717) is 34.1 Å². The summed E-state index contributed by atoms with van der Waals surface area (Å²) < 4.78 is 7.01. The van der Waals surface area contributed by atoms with Crippen LogP contribution in [-0.2, 0) is 18.2 Å². The first-order valence-electron chi connectivity index (χ1n) is 9.36. The highest BCUT2D eigenvalue weighted by atomic mass is 32.2. The molecule has 0 spiro atoms. The van der Waals surface area contributed by atoms with Crippen molar-refractivity contribution >= 4 is 23.5 Å². The molecule has 0 bridgehead atoms. The lowest BCUT2D eigenvalue weighted by Crippen LogP contribution is -2.13. The molecule has 0 aliphatic heterocycles. The maximum atomic E-state index is 12.9. The number of nitrogens with zero attached hydrogens (tertiary/aromatic N) is 3. The van der Waals surface area contributed by atoms with Crippen LogP contribution in [0.5, 0.6) is 0 Å². The van der Waals surface area contributed by atoms with Gasteiger partial charge in [-0.25, -0.2) is 4.79 Å². The van der Waals surface area contributed by atoms with Crippen LogP contribution < -0.4 is 0 Å². The number of hydrogen-bond acceptors (Lipinski definition) is 6. The number of aromatic amines is 1. The normalized spacial score (nSPS) is 10.9. The molecule has 152 valence electrons. The summed E-state index contributed by atoms with van der Waals surface area (Å²) in [6.45, 7) is 5.55. The van der Waals surface area contributed by atoms with Crippen LogP contribution in [0.2, 0.25) is 0 Å². The van der Waals surface area contributed by atoms with E-state index in [4.69, 9.17) is 4.74 Å². The Labute approximate surface area is 173 Å². The van der Waals surface area contributed by atoms with Crippen molar-refractivity contribution in [2.24, 2.45) is 7.05 Å². The van der Waals surface area contributed by atoms with E-state index < -0.39 is 5.97 Å². The number of benzene rings is 1. The first-order valence-corrected chi connectivity index (χ1v) is 10.3. The molecule has 0 atom stereocenters. The second-order valence-corrected chi connectivity index (χ2v) is 7.62. The number of Topliss-reactive ketones (excluding diaryl/α,β-unsaturated/α-hetero) is 1. The van der Waals surface area contributed by atoms with Gasteiger partial charge in [0.1, 0.15) is 5.82 Å². The Balaban J connectivity index is 1.73. The molecule has 8 heteroatoms. The van der Waals surface area contributed by atoms with Gasteiger partial charge in [-0.15, -0.1) is 10.2 Å². The van der Waals surface area contributed by atoms with Crippen LogP contribution in [0.3, 0.4) is 0 Å². The Morgan fingerprint density at radius 2 is 1.79 bits per heavy atom. The van der Waals surface area contributed by atoms with Crippen LogP contribution in [0.15, 0.2) is 35.5 Å². The number of aromatic nitrogens is 4. The number of ether oxygens (including phenoxy) is 1. The van der Waals surface area contributed by atoms with Crippen LogP contribution in [0.25, 0.3) is 0 Å². The van der Waals surface area contributed by atoms with Gasteiger partial charge >= 0.3 is 5.97 Å². The van der Waals surface area contributed by atoms with E-state index in [0.717, 1.165) is 11.4 Å². The molecular weight excluding hydrogens is 388 g/mol. The average Bonchev–Trinajstić information content (AvgIpc) is 3.19. The number of rotatable bonds is 8. The lowest BCUT2D eigenvalue weighted by Gasteiger charge is -2.06. The molecule has 0 amide bonds. The summed E-state index contributed by atoms with van der Waals surface area (Å²) in [5.41, 5.74) is 3.16. The molecule has 1 aromatic carbocycles. The van der Waals surface area contributed by atoms with Crippen molar-refractivity contribution in [1.29, 1.82) is 0 Å². The zero-order valence-corrected chi connectivity index (χ0v) is 17.8. The topological polar surface area (TPSA) is 89.9 Å². The maximum Gasteiger partial charge on any atom is 0.340 e. The van der Waals surface area contributed by atoms with Gasteiger partial charge < -0.3 is 14.3 Å². The molecule has 1 N–H and O–H groups in total. The van der Waals surface area contributed by atoms with Crippen LogP contribution in [0, 0.1) is 13.8 Å². The zero-order chi connectivity index (χ0) is 21.0. The fraction of sp³-hybridized carbons (Fsp3) is 0.333. The summed E-state index contributed by atoms with van der Waals surface area (Å²) in [6, 6.07) is 10.0. The Bertz CT molecular complexity index is 1020. The van der Waals surface area contributed by atoms with E-state index in [9.17, 15) is 9.59 Å². The number of hydrogen-bond donors (Lipinski definition) is 1. The van der Waals surface area contributed by atoms with E-state index in [-0.39, 0.29) is 18.1 Å². The number of carbonyl (C=O) groups excluding carboxylic acids is 2. The standard InChI is InChI=1S/C21H24N4O3S/c1-5-28-20(27)19-14(3)22-13(2)18(19)16(26)12-29-21-24-23-17(25(21)4)11-15-9-7-6-8-10-15/h6-10,22H,5,11-12H2,1-4H3. The Morgan fingerprint density at radius 3 is 2.48 bits per heavy atom. The highest BCUT2D eigenvalue weighted by Gasteiger charge is 2.25. The number of nitrogens with one attached hydrogen (secondary N) is 1. The minimum absolute atomic E-state index is 0.146. The molecule has 2 heterocycles. The summed E-state index contributed by atoms with van der Waals surface area (Å²) >= 11 is 1.31. The van der Waals surface area contributed by atoms with E-state index in [2.05, 4.69) is 15.2 Å². The van der Waals surface area contributed by atoms with E-state index in [1.807, 2.05) is 41.9 Å². The fourth-order valence-corrected chi connectivity index (χ4v) is 4.00. The summed E-state index contributed by atoms with van der Waals surface area (Å²) in [7, 11) is 1.89. The monoisotopic (exact) mass is 412 g/mol. The highest BCUT2D eigenvalue weighted by Crippen LogP contribution is 2.24. The first-order chi connectivity index (χ1) is 13.9. The van der Waals surface area contributed by atoms with Gasteiger partial charge in [0.2, 0.25) is 0 Å². The van der Waals surface area contributed by atoms with Crippen LogP contribution in [-0.4, -0.2) is 43.9 Å². The lowest BCUT2D eigenvalue weighted by molar-refractivity contribution is 0.0522. The molecule has 3 rings (SSSR count). The number of carbonyl (C=O) groups is 2. The number of esters is 1. The summed E-state index contributed by atoms with van der Waals surface area (Å²) in [4.78, 5) is 28.2. The Kier molecular flexibility index (Phi) is 6.53. The molecule has 0 saturated carbocycles. The predicted octanol–water partition coefficient (Wildman–Crippen LogP) is 3.50. The van der Waals surface area contributed by atoms with Gasteiger partial charge in [0, 0.05) is 24.9 Å². The molecule has 7 nitrogen and oxygen atoms in total. The van der Waals surface area contributed by atoms with Gasteiger partial charge in [-0.2, -0.15) is 0 Å². The minimum Gasteiger partial charge on any atom is -0.462 e. The van der Waals surface area contributed by atoms with Crippen molar-refractivity contribution in [3.05, 3.63) is 64.2 Å². The van der Waals surface area contributed by atoms with Crippen molar-refractivity contribution < 1.29 is 14.3 Å². The van der Waals surface area contributed by atoms with Crippen LogP contribution in [0.4, 0.5) is 0 Å². The number of H-pyrrole nitrogens is 1. The molecule has 0 aliphatic rings. The summed E-state index contributed by atoms with van der Waals surface area (Å²) in [5, 5.41) is 9.13.